The molecular weight excluding hydrogens is 583 g/mol. The van der Waals surface area contributed by atoms with Crippen molar-refractivity contribution < 1.29 is 40.3 Å². The highest BCUT2D eigenvalue weighted by molar-refractivity contribution is 6.39. The standard InChI is InChI=1S/C33H41BF6NO3/c1-4-7-19-41(20-8-5-2,21-9-6-3)30-28(33(39)40)17-12-18-29(30)44-34(42-26-15-10-13-24(22-26)31(35)36)43-27-16-11-14-25(23-27)32(37)38/h10-18,22-23,31-33H,4-9,19-21H2,1-3H3/q+1. The molecule has 0 bridgehead atoms. The zero-order chi connectivity index (χ0) is 32.1. The molecule has 0 amide bonds. The summed E-state index contributed by atoms with van der Waals surface area (Å²) in [5.41, 5.74) is -0.479. The molecule has 0 spiro atoms. The molecule has 0 heterocycles. The lowest BCUT2D eigenvalue weighted by atomic mass is 10.0. The van der Waals surface area contributed by atoms with E-state index in [-0.39, 0.29) is 38.4 Å². The molecule has 0 radical (unpaired) electrons. The molecule has 3 aromatic rings. The summed E-state index contributed by atoms with van der Waals surface area (Å²) in [6.45, 7) is 7.96. The van der Waals surface area contributed by atoms with E-state index in [0.717, 1.165) is 50.7 Å². The molecule has 0 aliphatic heterocycles. The van der Waals surface area contributed by atoms with Gasteiger partial charge in [-0.15, -0.1) is 0 Å². The van der Waals surface area contributed by atoms with E-state index in [1.54, 1.807) is 6.07 Å². The van der Waals surface area contributed by atoms with Crippen molar-refractivity contribution in [3.63, 3.8) is 0 Å². The van der Waals surface area contributed by atoms with E-state index in [2.05, 4.69) is 0 Å². The third-order valence-electron chi connectivity index (χ3n) is 7.47. The van der Waals surface area contributed by atoms with E-state index in [0.29, 0.717) is 25.3 Å². The number of alkyl halides is 6. The molecule has 44 heavy (non-hydrogen) atoms. The van der Waals surface area contributed by atoms with Gasteiger partial charge in [0.1, 0.15) is 11.5 Å². The minimum absolute atomic E-state index is 0.0342. The Hall–Kier alpha value is -3.34. The highest BCUT2D eigenvalue weighted by atomic mass is 19.3. The maximum atomic E-state index is 14.7. The van der Waals surface area contributed by atoms with Gasteiger partial charge < -0.3 is 14.0 Å². The van der Waals surface area contributed by atoms with Crippen molar-refractivity contribution >= 4 is 13.0 Å². The summed E-state index contributed by atoms with van der Waals surface area (Å²) >= 11 is 0. The molecule has 0 aromatic heterocycles. The summed E-state index contributed by atoms with van der Waals surface area (Å²) in [6, 6.07) is 14.7. The zero-order valence-corrected chi connectivity index (χ0v) is 25.5. The predicted octanol–water partition coefficient (Wildman–Crippen LogP) is 10.7. The minimum atomic E-state index is -2.80. The first-order valence-corrected chi connectivity index (χ1v) is 15.2. The molecule has 3 aromatic carbocycles. The normalized spacial score (nSPS) is 11.8. The van der Waals surface area contributed by atoms with Crippen LogP contribution in [-0.4, -0.2) is 27.0 Å². The Labute approximate surface area is 256 Å². The van der Waals surface area contributed by atoms with Gasteiger partial charge in [0, 0.05) is 11.1 Å². The molecule has 4 nitrogen and oxygen atoms in total. The van der Waals surface area contributed by atoms with Crippen LogP contribution in [0, 0.1) is 0 Å². The number of unbranched alkanes of at least 4 members (excludes halogenated alkanes) is 3. The quantitative estimate of drug-likeness (QED) is 0.0755. The van der Waals surface area contributed by atoms with Crippen molar-refractivity contribution in [3.05, 3.63) is 83.4 Å². The van der Waals surface area contributed by atoms with E-state index in [9.17, 15) is 26.3 Å². The second-order valence-corrected chi connectivity index (χ2v) is 10.8. The third-order valence-corrected chi connectivity index (χ3v) is 7.47. The van der Waals surface area contributed by atoms with Crippen LogP contribution in [0.2, 0.25) is 0 Å². The number of nitrogens with zero attached hydrogens (tertiary/aromatic N) is 1. The molecule has 0 saturated carbocycles. The lowest BCUT2D eigenvalue weighted by Crippen LogP contribution is -2.52. The number of para-hydroxylation sites is 1. The number of halogens is 6. The Bertz CT molecular complexity index is 1220. The first kappa shape index (κ1) is 35.1. The number of rotatable bonds is 19. The molecule has 0 saturated heterocycles. The summed E-state index contributed by atoms with van der Waals surface area (Å²) in [6.07, 6.45) is -3.38. The summed E-state index contributed by atoms with van der Waals surface area (Å²) in [5, 5.41) is 0. The van der Waals surface area contributed by atoms with Crippen LogP contribution in [0.25, 0.3) is 0 Å². The largest absolute Gasteiger partial charge is 0.864 e. The smallest absolute Gasteiger partial charge is 0.490 e. The average molecular weight is 624 g/mol. The maximum Gasteiger partial charge on any atom is 0.864 e. The summed E-state index contributed by atoms with van der Waals surface area (Å²) in [4.78, 5) is 0. The Balaban J connectivity index is 2.16. The van der Waals surface area contributed by atoms with E-state index in [1.807, 2.05) is 20.8 Å². The molecular formula is C33H41BF6NO3+. The molecule has 0 N–H and O–H groups in total. The van der Waals surface area contributed by atoms with Gasteiger partial charge >= 0.3 is 7.32 Å². The number of hydrogen-bond donors (Lipinski definition) is 0. The third kappa shape index (κ3) is 9.58. The maximum absolute atomic E-state index is 14.7. The zero-order valence-electron chi connectivity index (χ0n) is 25.5. The lowest BCUT2D eigenvalue weighted by molar-refractivity contribution is 0.145. The van der Waals surface area contributed by atoms with Crippen molar-refractivity contribution in [1.29, 1.82) is 0 Å². The van der Waals surface area contributed by atoms with Crippen molar-refractivity contribution in [2.24, 2.45) is 0 Å². The van der Waals surface area contributed by atoms with Crippen molar-refractivity contribution in [2.75, 3.05) is 19.6 Å². The van der Waals surface area contributed by atoms with Gasteiger partial charge in [-0.1, -0.05) is 70.4 Å². The highest BCUT2D eigenvalue weighted by Gasteiger charge is 2.40. The van der Waals surface area contributed by atoms with Crippen LogP contribution >= 0.6 is 0 Å². The number of hydrogen-bond acceptors (Lipinski definition) is 3. The van der Waals surface area contributed by atoms with Gasteiger partial charge in [0.15, 0.2) is 11.4 Å². The van der Waals surface area contributed by atoms with Gasteiger partial charge in [-0.3, -0.25) is 4.48 Å². The topological polar surface area (TPSA) is 27.7 Å². The van der Waals surface area contributed by atoms with Gasteiger partial charge in [0.05, 0.1) is 25.2 Å². The Morgan fingerprint density at radius 2 is 1.05 bits per heavy atom. The first-order valence-electron chi connectivity index (χ1n) is 15.2. The number of quaternary nitrogens is 1. The van der Waals surface area contributed by atoms with Crippen molar-refractivity contribution in [3.8, 4) is 17.2 Å². The summed E-state index contributed by atoms with van der Waals surface area (Å²) < 4.78 is 101. The Morgan fingerprint density at radius 3 is 1.45 bits per heavy atom. The molecule has 0 aliphatic carbocycles. The fraction of sp³-hybridized carbons (Fsp3) is 0.455. The van der Waals surface area contributed by atoms with Crippen LogP contribution in [-0.2, 0) is 0 Å². The lowest BCUT2D eigenvalue weighted by Gasteiger charge is -2.40. The summed E-state index contributed by atoms with van der Waals surface area (Å²) in [5.74, 6) is 0.0206. The molecule has 11 heteroatoms. The Kier molecular flexibility index (Phi) is 13.8. The SMILES string of the molecule is CCCC[N+](CCCC)(CCCC)c1c(OB(Oc2cccc(C(F)F)c2)Oc2cccc(C(F)F)c2)cccc1C(F)F. The molecule has 0 fully saturated rings. The average Bonchev–Trinajstić information content (AvgIpc) is 3.01. The Morgan fingerprint density at radius 1 is 0.591 bits per heavy atom. The van der Waals surface area contributed by atoms with Crippen molar-refractivity contribution in [1.82, 2.24) is 4.48 Å². The molecule has 0 unspecified atom stereocenters. The van der Waals surface area contributed by atoms with E-state index in [1.165, 1.54) is 48.5 Å². The highest BCUT2D eigenvalue weighted by Crippen LogP contribution is 2.43. The number of benzene rings is 3. The van der Waals surface area contributed by atoms with Crippen LogP contribution in [0.3, 0.4) is 0 Å². The summed E-state index contributed by atoms with van der Waals surface area (Å²) in [7, 11) is -1.69. The second-order valence-electron chi connectivity index (χ2n) is 10.8. The molecule has 0 atom stereocenters. The molecule has 240 valence electrons. The van der Waals surface area contributed by atoms with Crippen LogP contribution < -0.4 is 18.4 Å². The predicted molar refractivity (Wildman–Crippen MR) is 163 cm³/mol. The van der Waals surface area contributed by atoms with Crippen LogP contribution in [0.5, 0.6) is 17.2 Å². The van der Waals surface area contributed by atoms with E-state index in [4.69, 9.17) is 14.0 Å². The van der Waals surface area contributed by atoms with Gasteiger partial charge in [-0.05, 0) is 55.7 Å². The van der Waals surface area contributed by atoms with Gasteiger partial charge in [-0.2, -0.15) is 0 Å². The van der Waals surface area contributed by atoms with Gasteiger partial charge in [0.2, 0.25) is 0 Å². The fourth-order valence-corrected chi connectivity index (χ4v) is 5.22. The van der Waals surface area contributed by atoms with Crippen LogP contribution in [0.4, 0.5) is 32.0 Å². The van der Waals surface area contributed by atoms with E-state index < -0.39 is 26.6 Å². The van der Waals surface area contributed by atoms with E-state index >= 15 is 0 Å². The van der Waals surface area contributed by atoms with Crippen LogP contribution in [0.1, 0.15) is 95.3 Å². The van der Waals surface area contributed by atoms with Gasteiger partial charge in [-0.25, -0.2) is 26.3 Å². The monoisotopic (exact) mass is 624 g/mol. The fourth-order valence-electron chi connectivity index (χ4n) is 5.22. The minimum Gasteiger partial charge on any atom is -0.490 e. The van der Waals surface area contributed by atoms with Crippen LogP contribution in [0.15, 0.2) is 66.7 Å². The molecule has 3 rings (SSSR count). The van der Waals surface area contributed by atoms with Crippen molar-refractivity contribution in [2.45, 2.75) is 78.6 Å². The molecule has 0 aliphatic rings. The van der Waals surface area contributed by atoms with Gasteiger partial charge in [0.25, 0.3) is 19.3 Å². The second kappa shape index (κ2) is 17.2. The first-order chi connectivity index (χ1) is 21.1.